The summed E-state index contributed by atoms with van der Waals surface area (Å²) in [5, 5.41) is 0.475. The van der Waals surface area contributed by atoms with Crippen molar-refractivity contribution >= 4 is 26.6 Å². The van der Waals surface area contributed by atoms with Crippen LogP contribution < -0.4 is 14.9 Å². The number of rotatable bonds is 5. The zero-order valence-corrected chi connectivity index (χ0v) is 16.7. The summed E-state index contributed by atoms with van der Waals surface area (Å²) in [5.41, 5.74) is 1.76. The van der Waals surface area contributed by atoms with Crippen LogP contribution in [-0.4, -0.2) is 20.5 Å². The van der Waals surface area contributed by atoms with Crippen molar-refractivity contribution in [3.8, 4) is 16.9 Å². The Labute approximate surface area is 172 Å². The number of ether oxygens (including phenoxy) is 1. The monoisotopic (exact) mass is 424 g/mol. The number of benzene rings is 3. The summed E-state index contributed by atoms with van der Waals surface area (Å²) >= 11 is 0. The molecule has 3 aromatic carbocycles. The van der Waals surface area contributed by atoms with Crippen LogP contribution >= 0.6 is 0 Å². The minimum absolute atomic E-state index is 0.0235. The molecule has 30 heavy (non-hydrogen) atoms. The van der Waals surface area contributed by atoms with E-state index in [1.54, 1.807) is 24.4 Å². The molecule has 6 nitrogen and oxygen atoms in total. The van der Waals surface area contributed by atoms with Gasteiger partial charge in [-0.1, -0.05) is 12.1 Å². The van der Waals surface area contributed by atoms with Gasteiger partial charge in [-0.25, -0.2) is 12.8 Å². The third kappa shape index (κ3) is 3.77. The third-order valence-corrected chi connectivity index (χ3v) is 6.01. The Bertz CT molecular complexity index is 1410. The quantitative estimate of drug-likeness (QED) is 0.504. The van der Waals surface area contributed by atoms with Gasteiger partial charge in [0.2, 0.25) is 0 Å². The van der Waals surface area contributed by atoms with Gasteiger partial charge in [0.15, 0.2) is 5.43 Å². The van der Waals surface area contributed by atoms with E-state index >= 15 is 0 Å². The van der Waals surface area contributed by atoms with Crippen LogP contribution in [0, 0.1) is 5.82 Å². The first-order valence-corrected chi connectivity index (χ1v) is 10.4. The van der Waals surface area contributed by atoms with Gasteiger partial charge in [0.25, 0.3) is 10.0 Å². The Morgan fingerprint density at radius 1 is 1.00 bits per heavy atom. The van der Waals surface area contributed by atoms with Crippen molar-refractivity contribution in [3.63, 3.8) is 0 Å². The molecule has 0 fully saturated rings. The molecule has 1 heterocycles. The maximum absolute atomic E-state index is 13.4. The molecular formula is C22H17FN2O4S. The first-order chi connectivity index (χ1) is 14.4. The SMILES string of the molecule is COc1ccc(S(=O)(=O)Nc2cccc(F)c2)cc1-c1ccc2[nH]ccc(=O)c2c1. The van der Waals surface area contributed by atoms with Gasteiger partial charge < -0.3 is 9.72 Å². The van der Waals surface area contributed by atoms with Crippen molar-refractivity contribution in [2.75, 3.05) is 11.8 Å². The number of nitrogens with one attached hydrogen (secondary N) is 2. The second-order valence-corrected chi connectivity index (χ2v) is 8.26. The maximum atomic E-state index is 13.4. The van der Waals surface area contributed by atoms with E-state index in [9.17, 15) is 17.6 Å². The van der Waals surface area contributed by atoms with Crippen LogP contribution in [0.1, 0.15) is 0 Å². The van der Waals surface area contributed by atoms with Gasteiger partial charge in [-0.2, -0.15) is 0 Å². The Kier molecular flexibility index (Phi) is 5.01. The number of aromatic amines is 1. The molecule has 0 saturated carbocycles. The van der Waals surface area contributed by atoms with Crippen LogP contribution in [0.15, 0.2) is 82.6 Å². The predicted molar refractivity (Wildman–Crippen MR) is 114 cm³/mol. The second-order valence-electron chi connectivity index (χ2n) is 6.58. The summed E-state index contributed by atoms with van der Waals surface area (Å²) < 4.78 is 46.8. The fraction of sp³-hybridized carbons (Fsp3) is 0.0455. The molecule has 0 unspecified atom stereocenters. The van der Waals surface area contributed by atoms with Gasteiger partial charge in [-0.05, 0) is 54.1 Å². The van der Waals surface area contributed by atoms with E-state index in [0.29, 0.717) is 27.8 Å². The van der Waals surface area contributed by atoms with E-state index in [0.717, 1.165) is 6.07 Å². The first-order valence-electron chi connectivity index (χ1n) is 8.96. The van der Waals surface area contributed by atoms with Gasteiger partial charge in [-0.15, -0.1) is 0 Å². The third-order valence-electron chi connectivity index (χ3n) is 4.63. The number of aromatic nitrogens is 1. The predicted octanol–water partition coefficient (Wildman–Crippen LogP) is 4.14. The number of methoxy groups -OCH3 is 1. The highest BCUT2D eigenvalue weighted by molar-refractivity contribution is 7.92. The molecule has 0 aliphatic heterocycles. The lowest BCUT2D eigenvalue weighted by Gasteiger charge is -2.13. The number of anilines is 1. The van der Waals surface area contributed by atoms with E-state index < -0.39 is 15.8 Å². The minimum Gasteiger partial charge on any atom is -0.496 e. The smallest absolute Gasteiger partial charge is 0.261 e. The summed E-state index contributed by atoms with van der Waals surface area (Å²) in [7, 11) is -2.50. The van der Waals surface area contributed by atoms with Gasteiger partial charge in [0, 0.05) is 28.7 Å². The van der Waals surface area contributed by atoms with Crippen LogP contribution in [0.4, 0.5) is 10.1 Å². The van der Waals surface area contributed by atoms with E-state index in [4.69, 9.17) is 4.74 Å². The van der Waals surface area contributed by atoms with Crippen LogP contribution in [-0.2, 0) is 10.0 Å². The Hall–Kier alpha value is -3.65. The molecule has 0 aliphatic carbocycles. The van der Waals surface area contributed by atoms with Crippen molar-refractivity contribution in [3.05, 3.63) is 89.0 Å². The number of hydrogen-bond acceptors (Lipinski definition) is 4. The maximum Gasteiger partial charge on any atom is 0.261 e. The van der Waals surface area contributed by atoms with Crippen LogP contribution in [0.25, 0.3) is 22.0 Å². The fourth-order valence-corrected chi connectivity index (χ4v) is 4.26. The molecule has 0 saturated heterocycles. The van der Waals surface area contributed by atoms with E-state index in [-0.39, 0.29) is 16.0 Å². The molecular weight excluding hydrogens is 407 g/mol. The first kappa shape index (κ1) is 19.7. The lowest BCUT2D eigenvalue weighted by molar-refractivity contribution is 0.416. The van der Waals surface area contributed by atoms with Crippen molar-refractivity contribution < 1.29 is 17.5 Å². The topological polar surface area (TPSA) is 88.3 Å². The van der Waals surface area contributed by atoms with Crippen LogP contribution in [0.2, 0.25) is 0 Å². The highest BCUT2D eigenvalue weighted by atomic mass is 32.2. The van der Waals surface area contributed by atoms with Crippen molar-refractivity contribution in [1.29, 1.82) is 0 Å². The normalized spacial score (nSPS) is 11.4. The highest BCUT2D eigenvalue weighted by Gasteiger charge is 2.18. The molecule has 4 aromatic rings. The molecule has 4 rings (SSSR count). The number of H-pyrrole nitrogens is 1. The largest absolute Gasteiger partial charge is 0.496 e. The molecule has 152 valence electrons. The highest BCUT2D eigenvalue weighted by Crippen LogP contribution is 2.33. The molecule has 0 bridgehead atoms. The van der Waals surface area contributed by atoms with Gasteiger partial charge in [-0.3, -0.25) is 9.52 Å². The molecule has 0 aliphatic rings. The fourth-order valence-electron chi connectivity index (χ4n) is 3.18. The van der Waals surface area contributed by atoms with Crippen LogP contribution in [0.5, 0.6) is 5.75 Å². The molecule has 0 amide bonds. The van der Waals surface area contributed by atoms with Crippen molar-refractivity contribution in [1.82, 2.24) is 4.98 Å². The number of pyridine rings is 1. The molecule has 2 N–H and O–H groups in total. The summed E-state index contributed by atoms with van der Waals surface area (Å²) in [5.74, 6) is -0.0987. The summed E-state index contributed by atoms with van der Waals surface area (Å²) in [6, 6.07) is 16.2. The average molecular weight is 424 g/mol. The minimum atomic E-state index is -3.98. The van der Waals surface area contributed by atoms with E-state index in [1.165, 1.54) is 49.6 Å². The molecule has 0 spiro atoms. The summed E-state index contributed by atoms with van der Waals surface area (Å²) in [4.78, 5) is 15.2. The molecule has 0 radical (unpaired) electrons. The van der Waals surface area contributed by atoms with E-state index in [2.05, 4.69) is 9.71 Å². The standard InChI is InChI=1S/C22H17FN2O4S/c1-29-22-8-6-17(30(27,28)25-16-4-2-3-15(23)12-16)13-18(22)14-5-7-20-19(11-14)21(26)9-10-24-20/h2-13,25H,1H3,(H,24,26). The van der Waals surface area contributed by atoms with Crippen LogP contribution in [0.3, 0.4) is 0 Å². The van der Waals surface area contributed by atoms with Crippen molar-refractivity contribution in [2.24, 2.45) is 0 Å². The number of fused-ring (bicyclic) bond motifs is 1. The zero-order chi connectivity index (χ0) is 21.3. The van der Waals surface area contributed by atoms with Crippen molar-refractivity contribution in [2.45, 2.75) is 4.90 Å². The summed E-state index contributed by atoms with van der Waals surface area (Å²) in [6.07, 6.45) is 1.57. The lowest BCUT2D eigenvalue weighted by Crippen LogP contribution is -2.13. The second kappa shape index (κ2) is 7.64. The zero-order valence-electron chi connectivity index (χ0n) is 15.8. The number of sulfonamides is 1. The molecule has 0 atom stereocenters. The van der Waals surface area contributed by atoms with E-state index in [1.807, 2.05) is 0 Å². The van der Waals surface area contributed by atoms with Gasteiger partial charge in [0.05, 0.1) is 17.7 Å². The lowest BCUT2D eigenvalue weighted by atomic mass is 10.0. The summed E-state index contributed by atoms with van der Waals surface area (Å²) in [6.45, 7) is 0. The Morgan fingerprint density at radius 2 is 1.83 bits per heavy atom. The Balaban J connectivity index is 1.81. The average Bonchev–Trinajstić information content (AvgIpc) is 2.73. The molecule has 1 aromatic heterocycles. The van der Waals surface area contributed by atoms with Gasteiger partial charge in [0.1, 0.15) is 11.6 Å². The van der Waals surface area contributed by atoms with Gasteiger partial charge >= 0.3 is 0 Å². The molecule has 8 heteroatoms. The number of hydrogen-bond donors (Lipinski definition) is 2. The number of halogens is 1. The Morgan fingerprint density at radius 3 is 2.60 bits per heavy atom.